The molecule has 0 unspecified atom stereocenters. The molecule has 0 aromatic heterocycles. The van der Waals surface area contributed by atoms with Crippen molar-refractivity contribution < 1.29 is 9.59 Å². The zero-order chi connectivity index (χ0) is 22.0. The molecule has 0 aliphatic carbocycles. The van der Waals surface area contributed by atoms with Gasteiger partial charge in [-0.1, -0.05) is 35.9 Å². The number of carbonyl (C=O) groups is 2. The van der Waals surface area contributed by atoms with E-state index in [2.05, 4.69) is 43.0 Å². The summed E-state index contributed by atoms with van der Waals surface area (Å²) in [4.78, 5) is 33.4. The number of anilines is 1. The molecule has 164 valence electrons. The van der Waals surface area contributed by atoms with Crippen LogP contribution in [0.1, 0.15) is 18.1 Å². The van der Waals surface area contributed by atoms with Crippen LogP contribution < -0.4 is 4.90 Å². The molecule has 3 amide bonds. The highest BCUT2D eigenvalue weighted by molar-refractivity contribution is 6.30. The number of hydrogen-bond donors (Lipinski definition) is 0. The van der Waals surface area contributed by atoms with Crippen molar-refractivity contribution in [2.75, 3.05) is 44.2 Å². The Balaban J connectivity index is 1.30. The fraction of sp³-hybridized carbons (Fsp3) is 0.417. The number of benzene rings is 2. The minimum atomic E-state index is -0.0743. The van der Waals surface area contributed by atoms with Crippen LogP contribution in [-0.4, -0.2) is 71.9 Å². The first-order valence-corrected chi connectivity index (χ1v) is 11.2. The van der Waals surface area contributed by atoms with Gasteiger partial charge in [-0.3, -0.25) is 4.79 Å². The molecule has 1 atom stereocenters. The molecule has 4 rings (SSSR count). The van der Waals surface area contributed by atoms with E-state index < -0.39 is 0 Å². The van der Waals surface area contributed by atoms with Crippen LogP contribution in [0.2, 0.25) is 5.02 Å². The first-order valence-electron chi connectivity index (χ1n) is 10.8. The highest BCUT2D eigenvalue weighted by atomic mass is 35.5. The summed E-state index contributed by atoms with van der Waals surface area (Å²) in [5.74, 6) is 0.0254. The van der Waals surface area contributed by atoms with Crippen LogP contribution in [-0.2, 0) is 11.3 Å². The summed E-state index contributed by atoms with van der Waals surface area (Å²) in [6, 6.07) is 16.2. The molecule has 6 nitrogen and oxygen atoms in total. The molecule has 2 heterocycles. The largest absolute Gasteiger partial charge is 0.365 e. The fourth-order valence-corrected chi connectivity index (χ4v) is 4.50. The number of halogens is 1. The number of nitrogens with zero attached hydrogens (tertiary/aromatic N) is 4. The third-order valence-corrected chi connectivity index (χ3v) is 6.36. The Morgan fingerprint density at radius 3 is 2.48 bits per heavy atom. The smallest absolute Gasteiger partial charge is 0.320 e. The van der Waals surface area contributed by atoms with Gasteiger partial charge in [0.1, 0.15) is 6.54 Å². The lowest BCUT2D eigenvalue weighted by Crippen LogP contribution is -2.55. The Bertz CT molecular complexity index is 949. The van der Waals surface area contributed by atoms with Gasteiger partial charge < -0.3 is 19.6 Å². The standard InChI is InChI=1S/C24H29ClN4O2/c1-18-4-3-5-22(14-18)29-13-12-26(15-19(29)2)23(30)17-28-11-10-27(24(28)31)16-20-6-8-21(25)9-7-20/h3-9,14,19H,10-13,15-17H2,1-2H3/t19-/m0/s1. The molecule has 2 aliphatic heterocycles. The van der Waals surface area contributed by atoms with E-state index in [1.807, 2.05) is 29.2 Å². The minimum Gasteiger partial charge on any atom is -0.365 e. The Kier molecular flexibility index (Phi) is 6.37. The van der Waals surface area contributed by atoms with Crippen molar-refractivity contribution in [1.29, 1.82) is 0 Å². The minimum absolute atomic E-state index is 0.0254. The van der Waals surface area contributed by atoms with Crippen LogP contribution in [0.25, 0.3) is 0 Å². The summed E-state index contributed by atoms with van der Waals surface area (Å²) in [7, 11) is 0. The summed E-state index contributed by atoms with van der Waals surface area (Å²) >= 11 is 5.94. The quantitative estimate of drug-likeness (QED) is 0.713. The molecular formula is C24H29ClN4O2. The fourth-order valence-electron chi connectivity index (χ4n) is 4.37. The van der Waals surface area contributed by atoms with E-state index >= 15 is 0 Å². The average molecular weight is 441 g/mol. The first kappa shape index (κ1) is 21.5. The van der Waals surface area contributed by atoms with Crippen molar-refractivity contribution in [1.82, 2.24) is 14.7 Å². The maximum atomic E-state index is 12.9. The van der Waals surface area contributed by atoms with Crippen LogP contribution in [0.5, 0.6) is 0 Å². The molecule has 2 aliphatic rings. The van der Waals surface area contributed by atoms with Crippen LogP contribution >= 0.6 is 11.6 Å². The molecule has 0 radical (unpaired) electrons. The van der Waals surface area contributed by atoms with E-state index in [0.717, 1.165) is 12.1 Å². The van der Waals surface area contributed by atoms with Crippen molar-refractivity contribution in [3.05, 3.63) is 64.7 Å². The van der Waals surface area contributed by atoms with Gasteiger partial charge >= 0.3 is 6.03 Å². The van der Waals surface area contributed by atoms with Gasteiger partial charge in [0.25, 0.3) is 0 Å². The summed E-state index contributed by atoms with van der Waals surface area (Å²) in [6.45, 7) is 8.28. The van der Waals surface area contributed by atoms with Gasteiger partial charge in [0.2, 0.25) is 5.91 Å². The monoisotopic (exact) mass is 440 g/mol. The van der Waals surface area contributed by atoms with E-state index in [9.17, 15) is 9.59 Å². The van der Waals surface area contributed by atoms with Crippen LogP contribution in [0, 0.1) is 6.92 Å². The normalized spacial score (nSPS) is 19.3. The molecule has 0 bridgehead atoms. The molecule has 2 aromatic rings. The molecular weight excluding hydrogens is 412 g/mol. The topological polar surface area (TPSA) is 47.1 Å². The zero-order valence-corrected chi connectivity index (χ0v) is 18.9. The van der Waals surface area contributed by atoms with Crippen molar-refractivity contribution in [3.63, 3.8) is 0 Å². The van der Waals surface area contributed by atoms with Crippen LogP contribution in [0.3, 0.4) is 0 Å². The average Bonchev–Trinajstić information content (AvgIpc) is 3.09. The van der Waals surface area contributed by atoms with Crippen LogP contribution in [0.4, 0.5) is 10.5 Å². The molecule has 0 spiro atoms. The maximum absolute atomic E-state index is 12.9. The van der Waals surface area contributed by atoms with E-state index in [1.54, 1.807) is 9.80 Å². The van der Waals surface area contributed by atoms with Gasteiger partial charge in [0.05, 0.1) is 0 Å². The Morgan fingerprint density at radius 2 is 1.77 bits per heavy atom. The van der Waals surface area contributed by atoms with Crippen molar-refractivity contribution in [3.8, 4) is 0 Å². The number of piperazine rings is 1. The Morgan fingerprint density at radius 1 is 1.03 bits per heavy atom. The van der Waals surface area contributed by atoms with Crippen LogP contribution in [0.15, 0.2) is 48.5 Å². The number of urea groups is 1. The molecule has 31 heavy (non-hydrogen) atoms. The highest BCUT2D eigenvalue weighted by Gasteiger charge is 2.33. The number of carbonyl (C=O) groups excluding carboxylic acids is 2. The van der Waals surface area contributed by atoms with Gasteiger partial charge in [-0.2, -0.15) is 0 Å². The molecule has 2 aromatic carbocycles. The number of aryl methyl sites for hydroxylation is 1. The lowest BCUT2D eigenvalue weighted by molar-refractivity contribution is -0.132. The number of amides is 3. The van der Waals surface area contributed by atoms with Gasteiger partial charge in [0, 0.05) is 56.0 Å². The van der Waals surface area contributed by atoms with E-state index in [1.165, 1.54) is 11.3 Å². The second-order valence-electron chi connectivity index (χ2n) is 8.47. The summed E-state index contributed by atoms with van der Waals surface area (Å²) in [5.41, 5.74) is 3.47. The van der Waals surface area contributed by atoms with Gasteiger partial charge in [-0.05, 0) is 49.2 Å². The summed E-state index contributed by atoms with van der Waals surface area (Å²) in [6.07, 6.45) is 0. The lowest BCUT2D eigenvalue weighted by atomic mass is 10.1. The maximum Gasteiger partial charge on any atom is 0.320 e. The predicted molar refractivity (Wildman–Crippen MR) is 123 cm³/mol. The molecule has 7 heteroatoms. The summed E-state index contributed by atoms with van der Waals surface area (Å²) in [5, 5.41) is 0.681. The first-order chi connectivity index (χ1) is 14.9. The molecule has 0 N–H and O–H groups in total. The predicted octanol–water partition coefficient (Wildman–Crippen LogP) is 3.62. The Labute approximate surface area is 189 Å². The number of hydrogen-bond acceptors (Lipinski definition) is 3. The zero-order valence-electron chi connectivity index (χ0n) is 18.1. The third-order valence-electron chi connectivity index (χ3n) is 6.11. The molecule has 0 saturated carbocycles. The molecule has 2 saturated heterocycles. The van der Waals surface area contributed by atoms with Gasteiger partial charge in [0.15, 0.2) is 0 Å². The second kappa shape index (κ2) is 9.18. The Hall–Kier alpha value is -2.73. The van der Waals surface area contributed by atoms with E-state index in [4.69, 9.17) is 11.6 Å². The number of rotatable bonds is 5. The van der Waals surface area contributed by atoms with Gasteiger partial charge in [-0.15, -0.1) is 0 Å². The lowest BCUT2D eigenvalue weighted by Gasteiger charge is -2.41. The van der Waals surface area contributed by atoms with Crippen molar-refractivity contribution in [2.45, 2.75) is 26.4 Å². The third kappa shape index (κ3) is 4.96. The van der Waals surface area contributed by atoms with Crippen molar-refractivity contribution in [2.24, 2.45) is 0 Å². The highest BCUT2D eigenvalue weighted by Crippen LogP contribution is 2.22. The summed E-state index contributed by atoms with van der Waals surface area (Å²) < 4.78 is 0. The molecule has 2 fully saturated rings. The van der Waals surface area contributed by atoms with Crippen molar-refractivity contribution >= 4 is 29.2 Å². The van der Waals surface area contributed by atoms with E-state index in [-0.39, 0.29) is 24.5 Å². The van der Waals surface area contributed by atoms with Gasteiger partial charge in [-0.25, -0.2) is 4.79 Å². The van der Waals surface area contributed by atoms with E-state index in [0.29, 0.717) is 37.7 Å². The second-order valence-corrected chi connectivity index (χ2v) is 8.91. The SMILES string of the molecule is Cc1cccc(N2CCN(C(=O)CN3CCN(Cc4ccc(Cl)cc4)C3=O)C[C@@H]2C)c1.